The smallest absolute Gasteiger partial charge is 0.275 e. The van der Waals surface area contributed by atoms with Crippen LogP contribution in [-0.2, 0) is 24.2 Å². The molecular formula is C22H19N7O3S2. The van der Waals surface area contributed by atoms with Crippen LogP contribution in [0.15, 0.2) is 40.7 Å². The molecule has 0 spiro atoms. The van der Waals surface area contributed by atoms with Crippen molar-refractivity contribution < 1.29 is 9.53 Å². The number of hydrogen-bond acceptors (Lipinski definition) is 10. The van der Waals surface area contributed by atoms with Crippen molar-refractivity contribution in [1.82, 2.24) is 24.8 Å². The van der Waals surface area contributed by atoms with Crippen LogP contribution >= 0.6 is 22.7 Å². The first-order valence-corrected chi connectivity index (χ1v) is 12.0. The number of anilines is 1. The van der Waals surface area contributed by atoms with Crippen LogP contribution < -0.4 is 15.6 Å². The number of carbonyl (C=O) groups excluding carboxylic acids is 1. The lowest BCUT2D eigenvalue weighted by Crippen LogP contribution is -2.16. The van der Waals surface area contributed by atoms with Crippen LogP contribution in [0.4, 0.5) is 5.13 Å². The normalized spacial score (nSPS) is 11.4. The second kappa shape index (κ2) is 10.3. The predicted octanol–water partition coefficient (Wildman–Crippen LogP) is 3.25. The molecule has 10 nitrogen and oxygen atoms in total. The van der Waals surface area contributed by atoms with Gasteiger partial charge in [-0.3, -0.25) is 14.9 Å². The molecule has 1 N–H and O–H groups in total. The van der Waals surface area contributed by atoms with Gasteiger partial charge in [0.15, 0.2) is 0 Å². The summed E-state index contributed by atoms with van der Waals surface area (Å²) in [6.07, 6.45) is 2.93. The molecule has 172 valence electrons. The number of nitriles is 1. The highest BCUT2D eigenvalue weighted by Gasteiger charge is 2.13. The molecule has 34 heavy (non-hydrogen) atoms. The van der Waals surface area contributed by atoms with Crippen LogP contribution in [0.1, 0.15) is 35.1 Å². The number of nitrogens with zero attached hydrogens (tertiary/aromatic N) is 6. The Morgan fingerprint density at radius 1 is 1.18 bits per heavy atom. The lowest BCUT2D eigenvalue weighted by Gasteiger charge is -2.06. The van der Waals surface area contributed by atoms with Gasteiger partial charge in [0.05, 0.1) is 5.69 Å². The SMILES string of the molecule is CCc1nnc(NC(=O)C(C#N)=Cc2ccc(OCc3cc(=O)n4nc(CC)sc4n3)cc2)s1. The molecule has 0 radical (unpaired) electrons. The van der Waals surface area contributed by atoms with E-state index in [1.54, 1.807) is 24.3 Å². The van der Waals surface area contributed by atoms with Crippen molar-refractivity contribution in [3.8, 4) is 11.8 Å². The first-order chi connectivity index (χ1) is 16.5. The third-order valence-corrected chi connectivity index (χ3v) is 6.61. The van der Waals surface area contributed by atoms with Crippen molar-refractivity contribution in [2.45, 2.75) is 33.3 Å². The van der Waals surface area contributed by atoms with Gasteiger partial charge in [-0.1, -0.05) is 48.7 Å². The summed E-state index contributed by atoms with van der Waals surface area (Å²) in [5, 5.41) is 26.0. The second-order valence-corrected chi connectivity index (χ2v) is 9.07. The highest BCUT2D eigenvalue weighted by Crippen LogP contribution is 2.19. The number of hydrogen-bond donors (Lipinski definition) is 1. The minimum Gasteiger partial charge on any atom is -0.487 e. The van der Waals surface area contributed by atoms with Gasteiger partial charge < -0.3 is 4.74 Å². The topological polar surface area (TPSA) is 135 Å². The molecule has 4 aromatic rings. The number of nitrogens with one attached hydrogen (secondary N) is 1. The molecule has 4 rings (SSSR count). The van der Waals surface area contributed by atoms with Crippen molar-refractivity contribution in [2.24, 2.45) is 0 Å². The Kier molecular flexibility index (Phi) is 7.05. The average molecular weight is 494 g/mol. The fourth-order valence-corrected chi connectivity index (χ4v) is 4.39. The molecule has 12 heteroatoms. The molecule has 0 saturated carbocycles. The maximum atomic E-state index is 12.4. The summed E-state index contributed by atoms with van der Waals surface area (Å²) in [6, 6.07) is 10.2. The van der Waals surface area contributed by atoms with Gasteiger partial charge in [-0.25, -0.2) is 4.98 Å². The van der Waals surface area contributed by atoms with Gasteiger partial charge in [0.2, 0.25) is 10.1 Å². The van der Waals surface area contributed by atoms with Crippen LogP contribution in [0, 0.1) is 11.3 Å². The molecule has 0 aliphatic rings. The van der Waals surface area contributed by atoms with E-state index in [1.807, 2.05) is 19.9 Å². The average Bonchev–Trinajstić information content (AvgIpc) is 3.48. The summed E-state index contributed by atoms with van der Waals surface area (Å²) in [4.78, 5) is 29.6. The summed E-state index contributed by atoms with van der Waals surface area (Å²) in [6.45, 7) is 4.03. The summed E-state index contributed by atoms with van der Waals surface area (Å²) >= 11 is 2.64. The van der Waals surface area contributed by atoms with E-state index in [-0.39, 0.29) is 17.7 Å². The molecular weight excluding hydrogens is 474 g/mol. The van der Waals surface area contributed by atoms with Gasteiger partial charge >= 0.3 is 0 Å². The maximum Gasteiger partial charge on any atom is 0.275 e. The van der Waals surface area contributed by atoms with E-state index in [0.717, 1.165) is 22.9 Å². The quantitative estimate of drug-likeness (QED) is 0.292. The Hall–Kier alpha value is -3.95. The molecule has 0 bridgehead atoms. The van der Waals surface area contributed by atoms with Crippen molar-refractivity contribution in [1.29, 1.82) is 5.26 Å². The van der Waals surface area contributed by atoms with Gasteiger partial charge in [-0.2, -0.15) is 14.9 Å². The van der Waals surface area contributed by atoms with E-state index >= 15 is 0 Å². The number of rotatable bonds is 8. The van der Waals surface area contributed by atoms with Crippen LogP contribution in [-0.4, -0.2) is 30.7 Å². The zero-order valence-corrected chi connectivity index (χ0v) is 19.9. The number of aryl methyl sites for hydroxylation is 2. The summed E-state index contributed by atoms with van der Waals surface area (Å²) in [7, 11) is 0. The van der Waals surface area contributed by atoms with Crippen LogP contribution in [0.5, 0.6) is 5.75 Å². The van der Waals surface area contributed by atoms with Gasteiger partial charge in [0.25, 0.3) is 11.5 Å². The Bertz CT molecular complexity index is 1460. The largest absolute Gasteiger partial charge is 0.487 e. The lowest BCUT2D eigenvalue weighted by molar-refractivity contribution is -0.112. The second-order valence-electron chi connectivity index (χ2n) is 6.97. The highest BCUT2D eigenvalue weighted by atomic mass is 32.1. The predicted molar refractivity (Wildman–Crippen MR) is 129 cm³/mol. The third kappa shape index (κ3) is 5.33. The van der Waals surface area contributed by atoms with Crippen molar-refractivity contribution >= 4 is 44.7 Å². The van der Waals surface area contributed by atoms with Crippen LogP contribution in [0.25, 0.3) is 11.0 Å². The minimum absolute atomic E-state index is 0.0594. The van der Waals surface area contributed by atoms with Gasteiger partial charge in [-0.05, 0) is 36.6 Å². The Morgan fingerprint density at radius 3 is 2.62 bits per heavy atom. The number of aromatic nitrogens is 5. The Morgan fingerprint density at radius 2 is 1.94 bits per heavy atom. The number of fused-ring (bicyclic) bond motifs is 1. The zero-order valence-electron chi connectivity index (χ0n) is 18.3. The Balaban J connectivity index is 1.41. The Labute approximate surface area is 202 Å². The van der Waals surface area contributed by atoms with E-state index in [9.17, 15) is 14.9 Å². The standard InChI is InChI=1S/C22H19N7O3S2/c1-3-17-26-27-21(33-17)25-20(31)14(11-23)9-13-5-7-16(8-6-13)32-12-15-10-19(30)29-22(24-15)34-18(4-2)28-29/h5-10H,3-4,12H2,1-2H3,(H,25,27,31). The van der Waals surface area contributed by atoms with Crippen molar-refractivity contribution in [2.75, 3.05) is 5.32 Å². The van der Waals surface area contributed by atoms with Gasteiger partial charge in [0.1, 0.15) is 34.0 Å². The fourth-order valence-electron chi connectivity index (χ4n) is 2.86. The molecule has 0 unspecified atom stereocenters. The van der Waals surface area contributed by atoms with Crippen molar-refractivity contribution in [3.63, 3.8) is 0 Å². The first-order valence-electron chi connectivity index (χ1n) is 10.4. The monoisotopic (exact) mass is 493 g/mol. The summed E-state index contributed by atoms with van der Waals surface area (Å²) in [5.41, 5.74) is 0.851. The number of carbonyl (C=O) groups is 1. The van der Waals surface area contributed by atoms with E-state index < -0.39 is 5.91 Å². The number of benzene rings is 1. The van der Waals surface area contributed by atoms with E-state index in [2.05, 4.69) is 25.6 Å². The zero-order chi connectivity index (χ0) is 24.1. The highest BCUT2D eigenvalue weighted by molar-refractivity contribution is 7.16. The van der Waals surface area contributed by atoms with Gasteiger partial charge in [-0.15, -0.1) is 10.2 Å². The van der Waals surface area contributed by atoms with Crippen LogP contribution in [0.3, 0.4) is 0 Å². The number of ether oxygens (including phenoxy) is 1. The first kappa shape index (κ1) is 23.2. The molecule has 0 fully saturated rings. The summed E-state index contributed by atoms with van der Waals surface area (Å²) < 4.78 is 7.05. The van der Waals surface area contributed by atoms with E-state index in [0.29, 0.717) is 27.1 Å². The van der Waals surface area contributed by atoms with E-state index in [1.165, 1.54) is 39.3 Å². The summed E-state index contributed by atoms with van der Waals surface area (Å²) in [5.74, 6) is 0.00490. The molecule has 0 aliphatic heterocycles. The molecule has 3 heterocycles. The third-order valence-electron chi connectivity index (χ3n) is 4.58. The fraction of sp³-hybridized carbons (Fsp3) is 0.227. The lowest BCUT2D eigenvalue weighted by atomic mass is 10.1. The maximum absolute atomic E-state index is 12.4. The molecule has 0 aliphatic carbocycles. The molecule has 0 atom stereocenters. The van der Waals surface area contributed by atoms with Crippen LogP contribution in [0.2, 0.25) is 0 Å². The minimum atomic E-state index is -0.552. The molecule has 0 saturated heterocycles. The van der Waals surface area contributed by atoms with E-state index in [4.69, 9.17) is 4.74 Å². The molecule has 3 aromatic heterocycles. The number of amides is 1. The van der Waals surface area contributed by atoms with Crippen molar-refractivity contribution in [3.05, 3.63) is 67.5 Å². The molecule has 1 aromatic carbocycles. The molecule has 1 amide bonds. The van der Waals surface area contributed by atoms with Gasteiger partial charge in [0, 0.05) is 6.07 Å².